The number of aromatic nitrogens is 2. The highest BCUT2D eigenvalue weighted by atomic mass is 32.2. The van der Waals surface area contributed by atoms with Gasteiger partial charge in [0.15, 0.2) is 5.03 Å². The van der Waals surface area contributed by atoms with Gasteiger partial charge in [-0.1, -0.05) is 12.1 Å². The first kappa shape index (κ1) is 13.6. The second kappa shape index (κ2) is 5.41. The number of nitrogens with two attached hydrogens (primary N) is 1. The van der Waals surface area contributed by atoms with E-state index >= 15 is 0 Å². The molecule has 1 aromatic carbocycles. The number of nitrogens with zero attached hydrogens (tertiary/aromatic N) is 2. The highest BCUT2D eigenvalue weighted by Crippen LogP contribution is 2.08. The van der Waals surface area contributed by atoms with Crippen LogP contribution in [0.2, 0.25) is 0 Å². The van der Waals surface area contributed by atoms with Gasteiger partial charge in [-0.25, -0.2) is 13.1 Å². The molecule has 19 heavy (non-hydrogen) atoms. The second-order valence-electron chi connectivity index (χ2n) is 4.18. The highest BCUT2D eigenvalue weighted by molar-refractivity contribution is 7.89. The Balaban J connectivity index is 1.96. The topological polar surface area (TPSA) is 90.0 Å². The van der Waals surface area contributed by atoms with Gasteiger partial charge in [-0.2, -0.15) is 5.10 Å². The predicted molar refractivity (Wildman–Crippen MR) is 73.0 cm³/mol. The van der Waals surface area contributed by atoms with Gasteiger partial charge in [-0.3, -0.25) is 4.68 Å². The minimum atomic E-state index is -3.50. The van der Waals surface area contributed by atoms with Gasteiger partial charge in [0.1, 0.15) is 0 Å². The average molecular weight is 280 g/mol. The molecule has 0 atom stereocenters. The molecule has 0 saturated heterocycles. The van der Waals surface area contributed by atoms with E-state index in [4.69, 9.17) is 5.73 Å². The minimum Gasteiger partial charge on any atom is -0.399 e. The summed E-state index contributed by atoms with van der Waals surface area (Å²) in [6.45, 7) is 0.331. The van der Waals surface area contributed by atoms with Gasteiger partial charge >= 0.3 is 0 Å². The van der Waals surface area contributed by atoms with Crippen molar-refractivity contribution in [2.45, 2.75) is 11.4 Å². The Morgan fingerprint density at radius 2 is 1.95 bits per heavy atom. The number of anilines is 1. The number of hydrogen-bond acceptors (Lipinski definition) is 4. The third kappa shape index (κ3) is 3.33. The number of rotatable bonds is 5. The lowest BCUT2D eigenvalue weighted by Crippen LogP contribution is -2.27. The molecule has 2 aromatic rings. The molecule has 0 unspecified atom stereocenters. The number of nitrogen functional groups attached to an aromatic ring is 1. The second-order valence-corrected chi connectivity index (χ2v) is 5.90. The third-order valence-corrected chi connectivity index (χ3v) is 4.27. The first-order chi connectivity index (χ1) is 8.99. The van der Waals surface area contributed by atoms with Crippen molar-refractivity contribution in [3.63, 3.8) is 0 Å². The van der Waals surface area contributed by atoms with Crippen molar-refractivity contribution in [2.24, 2.45) is 7.05 Å². The van der Waals surface area contributed by atoms with Crippen LogP contribution in [0.15, 0.2) is 41.6 Å². The molecule has 0 saturated carbocycles. The molecule has 7 heteroatoms. The largest absolute Gasteiger partial charge is 0.399 e. The SMILES string of the molecule is Cn1nccc1S(=O)(=O)NCCc1ccc(N)cc1. The summed E-state index contributed by atoms with van der Waals surface area (Å²) in [6.07, 6.45) is 2.06. The van der Waals surface area contributed by atoms with Crippen LogP contribution in [0.25, 0.3) is 0 Å². The predicted octanol–water partition coefficient (Wildman–Crippen LogP) is 0.523. The Bertz CT molecular complexity index is 647. The Hall–Kier alpha value is -1.86. The fraction of sp³-hybridized carbons (Fsp3) is 0.250. The van der Waals surface area contributed by atoms with Crippen LogP contribution in [0.1, 0.15) is 5.56 Å². The molecule has 2 rings (SSSR count). The molecule has 0 aliphatic rings. The number of nitrogens with one attached hydrogen (secondary N) is 1. The van der Waals surface area contributed by atoms with Gasteiger partial charge in [-0.15, -0.1) is 0 Å². The minimum absolute atomic E-state index is 0.157. The van der Waals surface area contributed by atoms with E-state index in [1.165, 1.54) is 16.9 Å². The zero-order valence-electron chi connectivity index (χ0n) is 10.6. The Morgan fingerprint density at radius 1 is 1.26 bits per heavy atom. The van der Waals surface area contributed by atoms with Gasteiger partial charge < -0.3 is 5.73 Å². The van der Waals surface area contributed by atoms with Crippen LogP contribution < -0.4 is 10.5 Å². The van der Waals surface area contributed by atoms with Gasteiger partial charge in [0.25, 0.3) is 10.0 Å². The first-order valence-corrected chi connectivity index (χ1v) is 7.29. The molecule has 0 spiro atoms. The van der Waals surface area contributed by atoms with Crippen molar-refractivity contribution in [3.8, 4) is 0 Å². The summed E-state index contributed by atoms with van der Waals surface area (Å²) < 4.78 is 27.8. The van der Waals surface area contributed by atoms with Gasteiger partial charge in [0.05, 0.1) is 6.20 Å². The number of hydrogen-bond donors (Lipinski definition) is 2. The lowest BCUT2D eigenvalue weighted by molar-refractivity contribution is 0.563. The molecule has 0 amide bonds. The summed E-state index contributed by atoms with van der Waals surface area (Å²) in [5.41, 5.74) is 7.31. The van der Waals surface area contributed by atoms with Crippen molar-refractivity contribution >= 4 is 15.7 Å². The molecule has 3 N–H and O–H groups in total. The van der Waals surface area contributed by atoms with E-state index in [9.17, 15) is 8.42 Å². The summed E-state index contributed by atoms with van der Waals surface area (Å²) in [4.78, 5) is 0. The van der Waals surface area contributed by atoms with Gasteiger partial charge in [0.2, 0.25) is 0 Å². The number of sulfonamides is 1. The van der Waals surface area contributed by atoms with Crippen LogP contribution in [-0.2, 0) is 23.5 Å². The van der Waals surface area contributed by atoms with Crippen LogP contribution in [0.5, 0.6) is 0 Å². The van der Waals surface area contributed by atoms with Crippen LogP contribution >= 0.6 is 0 Å². The summed E-state index contributed by atoms with van der Waals surface area (Å²) >= 11 is 0. The Kier molecular flexibility index (Phi) is 3.87. The Morgan fingerprint density at radius 3 is 2.53 bits per heavy atom. The van der Waals surface area contributed by atoms with E-state index in [0.29, 0.717) is 18.7 Å². The molecule has 0 radical (unpaired) electrons. The summed E-state index contributed by atoms with van der Waals surface area (Å²) in [5.74, 6) is 0. The first-order valence-electron chi connectivity index (χ1n) is 5.81. The van der Waals surface area contributed by atoms with E-state index in [0.717, 1.165) is 5.56 Å². The van der Waals surface area contributed by atoms with Crippen molar-refractivity contribution in [2.75, 3.05) is 12.3 Å². The maximum absolute atomic E-state index is 12.0. The van der Waals surface area contributed by atoms with Crippen LogP contribution in [-0.4, -0.2) is 24.7 Å². The lowest BCUT2D eigenvalue weighted by Gasteiger charge is -2.07. The van der Waals surface area contributed by atoms with E-state index < -0.39 is 10.0 Å². The third-order valence-electron chi connectivity index (χ3n) is 2.74. The number of aryl methyl sites for hydroxylation is 1. The van der Waals surface area contributed by atoms with Gasteiger partial charge in [-0.05, 0) is 30.2 Å². The lowest BCUT2D eigenvalue weighted by atomic mass is 10.1. The Labute approximate surface area is 112 Å². The zero-order valence-corrected chi connectivity index (χ0v) is 11.4. The molecule has 1 aromatic heterocycles. The fourth-order valence-electron chi connectivity index (χ4n) is 1.71. The van der Waals surface area contributed by atoms with E-state index in [-0.39, 0.29) is 5.03 Å². The average Bonchev–Trinajstić information content (AvgIpc) is 2.79. The van der Waals surface area contributed by atoms with Crippen molar-refractivity contribution in [1.29, 1.82) is 0 Å². The van der Waals surface area contributed by atoms with Crippen molar-refractivity contribution in [3.05, 3.63) is 42.1 Å². The van der Waals surface area contributed by atoms with Gasteiger partial charge in [0, 0.05) is 19.3 Å². The summed E-state index contributed by atoms with van der Waals surface area (Å²) in [6, 6.07) is 8.82. The van der Waals surface area contributed by atoms with Crippen molar-refractivity contribution < 1.29 is 8.42 Å². The molecule has 0 fully saturated rings. The monoisotopic (exact) mass is 280 g/mol. The quantitative estimate of drug-likeness (QED) is 0.781. The molecular weight excluding hydrogens is 264 g/mol. The molecule has 102 valence electrons. The molecule has 6 nitrogen and oxygen atoms in total. The van der Waals surface area contributed by atoms with E-state index in [2.05, 4.69) is 9.82 Å². The van der Waals surface area contributed by atoms with Crippen molar-refractivity contribution in [1.82, 2.24) is 14.5 Å². The normalized spacial score (nSPS) is 11.6. The molecule has 1 heterocycles. The molecule has 0 aliphatic heterocycles. The van der Waals surface area contributed by atoms with Crippen LogP contribution in [0.4, 0.5) is 5.69 Å². The van der Waals surface area contributed by atoms with E-state index in [1.807, 2.05) is 12.1 Å². The summed E-state index contributed by atoms with van der Waals surface area (Å²) in [7, 11) is -1.91. The van der Waals surface area contributed by atoms with Crippen LogP contribution in [0, 0.1) is 0 Å². The molecule has 0 bridgehead atoms. The maximum atomic E-state index is 12.0. The number of benzene rings is 1. The fourth-order valence-corrected chi connectivity index (χ4v) is 2.87. The standard InChI is InChI=1S/C12H16N4O2S/c1-16-12(7-8-14-16)19(17,18)15-9-6-10-2-4-11(13)5-3-10/h2-5,7-8,15H,6,9,13H2,1H3. The zero-order chi connectivity index (χ0) is 13.9. The molecular formula is C12H16N4O2S. The molecule has 0 aliphatic carbocycles. The highest BCUT2D eigenvalue weighted by Gasteiger charge is 2.16. The summed E-state index contributed by atoms with van der Waals surface area (Å²) in [5, 5.41) is 4.00. The smallest absolute Gasteiger partial charge is 0.257 e. The van der Waals surface area contributed by atoms with Crippen LogP contribution in [0.3, 0.4) is 0 Å². The maximum Gasteiger partial charge on any atom is 0.257 e. The van der Waals surface area contributed by atoms with E-state index in [1.54, 1.807) is 19.2 Å².